The minimum Gasteiger partial charge on any atom is -0.478 e. The van der Waals surface area contributed by atoms with Gasteiger partial charge in [0.1, 0.15) is 5.57 Å². The van der Waals surface area contributed by atoms with Crippen molar-refractivity contribution in [2.24, 2.45) is 0 Å². The zero-order chi connectivity index (χ0) is 11.9. The van der Waals surface area contributed by atoms with Crippen LogP contribution in [-0.2, 0) is 4.79 Å². The largest absolute Gasteiger partial charge is 0.478 e. The number of aliphatic carboxylic acids is 1. The van der Waals surface area contributed by atoms with Crippen LogP contribution in [0.2, 0.25) is 0 Å². The van der Waals surface area contributed by atoms with E-state index in [9.17, 15) is 23.1 Å². The van der Waals surface area contributed by atoms with Crippen LogP contribution in [0.1, 0.15) is 0 Å². The Hall–Kier alpha value is -1.35. The average Bonchev–Trinajstić information content (AvgIpc) is 2.00. The Morgan fingerprint density at radius 1 is 1.53 bits per heavy atom. The first-order chi connectivity index (χ1) is 6.68. The van der Waals surface area contributed by atoms with Gasteiger partial charge in [0.15, 0.2) is 5.11 Å². The molecular weight excluding hydrogens is 237 g/mol. The Morgan fingerprint density at radius 3 is 2.47 bits per heavy atom. The highest BCUT2D eigenvalue weighted by molar-refractivity contribution is 7.80. The van der Waals surface area contributed by atoms with Gasteiger partial charge in [-0.05, 0) is 12.2 Å². The molecule has 9 heteroatoms. The van der Waals surface area contributed by atoms with Crippen LogP contribution >= 0.6 is 12.2 Å². The molecule has 0 aromatic rings. The summed E-state index contributed by atoms with van der Waals surface area (Å²) in [7, 11) is 0. The molecule has 0 saturated carbocycles. The van der Waals surface area contributed by atoms with Gasteiger partial charge >= 0.3 is 12.1 Å². The SMILES string of the molecule is O=C(O)C1=CNC(=S)N[C@@]1(O)C(F)(F)F. The molecule has 0 unspecified atom stereocenters. The Labute approximate surface area is 86.6 Å². The summed E-state index contributed by atoms with van der Waals surface area (Å²) in [4.78, 5) is 10.5. The lowest BCUT2D eigenvalue weighted by molar-refractivity contribution is -0.252. The fourth-order valence-electron chi connectivity index (χ4n) is 0.950. The van der Waals surface area contributed by atoms with Crippen molar-refractivity contribution < 1.29 is 28.2 Å². The van der Waals surface area contributed by atoms with Gasteiger partial charge in [-0.2, -0.15) is 13.2 Å². The summed E-state index contributed by atoms with van der Waals surface area (Å²) in [5.74, 6) is -1.91. The molecule has 0 spiro atoms. The normalized spacial score (nSPS) is 26.4. The lowest BCUT2D eigenvalue weighted by Crippen LogP contribution is -2.65. The van der Waals surface area contributed by atoms with E-state index in [1.807, 2.05) is 0 Å². The van der Waals surface area contributed by atoms with Crippen molar-refractivity contribution in [2.45, 2.75) is 11.9 Å². The Kier molecular flexibility index (Phi) is 2.62. The first-order valence-electron chi connectivity index (χ1n) is 3.50. The molecule has 84 valence electrons. The van der Waals surface area contributed by atoms with Crippen molar-refractivity contribution >= 4 is 23.3 Å². The number of nitrogens with one attached hydrogen (secondary N) is 2. The second kappa shape index (κ2) is 3.35. The molecule has 0 radical (unpaired) electrons. The minimum atomic E-state index is -5.19. The topological polar surface area (TPSA) is 81.6 Å². The predicted octanol–water partition coefficient (Wildman–Crippen LogP) is -0.317. The standard InChI is InChI=1S/C6H5F3N2O3S/c7-6(8,9)5(14)2(3(12)13)1-10-4(15)11-5/h1,14H,(H,12,13)(H2,10,11,15)/t5-/m0/s1. The molecule has 15 heavy (non-hydrogen) atoms. The zero-order valence-electron chi connectivity index (χ0n) is 6.92. The van der Waals surface area contributed by atoms with Gasteiger partial charge in [-0.3, -0.25) is 0 Å². The smallest absolute Gasteiger partial charge is 0.441 e. The molecule has 0 aliphatic carbocycles. The summed E-state index contributed by atoms with van der Waals surface area (Å²) in [6, 6.07) is 0. The van der Waals surface area contributed by atoms with E-state index in [2.05, 4.69) is 17.5 Å². The van der Waals surface area contributed by atoms with Crippen molar-refractivity contribution in [3.05, 3.63) is 11.8 Å². The molecule has 0 aromatic heterocycles. The number of aliphatic hydroxyl groups is 1. The van der Waals surface area contributed by atoms with Gasteiger partial charge in [-0.15, -0.1) is 0 Å². The molecule has 0 amide bonds. The van der Waals surface area contributed by atoms with E-state index in [0.29, 0.717) is 6.20 Å². The number of hydrogen-bond acceptors (Lipinski definition) is 3. The van der Waals surface area contributed by atoms with E-state index in [1.54, 1.807) is 0 Å². The van der Waals surface area contributed by atoms with Crippen LogP contribution in [0.15, 0.2) is 11.8 Å². The highest BCUT2D eigenvalue weighted by atomic mass is 32.1. The Balaban J connectivity index is 3.24. The van der Waals surface area contributed by atoms with Crippen molar-refractivity contribution in [3.63, 3.8) is 0 Å². The fraction of sp³-hybridized carbons (Fsp3) is 0.333. The van der Waals surface area contributed by atoms with Gasteiger partial charge < -0.3 is 20.8 Å². The van der Waals surface area contributed by atoms with E-state index < -0.39 is 28.6 Å². The van der Waals surface area contributed by atoms with Crippen LogP contribution in [0.3, 0.4) is 0 Å². The van der Waals surface area contributed by atoms with E-state index >= 15 is 0 Å². The van der Waals surface area contributed by atoms with Crippen molar-refractivity contribution in [1.29, 1.82) is 0 Å². The highest BCUT2D eigenvalue weighted by Crippen LogP contribution is 2.35. The van der Waals surface area contributed by atoms with Gasteiger partial charge in [0.25, 0.3) is 5.72 Å². The maximum Gasteiger partial charge on any atom is 0.441 e. The molecule has 5 nitrogen and oxygen atoms in total. The van der Waals surface area contributed by atoms with Crippen molar-refractivity contribution in [1.82, 2.24) is 10.6 Å². The van der Waals surface area contributed by atoms with Gasteiger partial charge in [-0.1, -0.05) is 0 Å². The quantitative estimate of drug-likeness (QED) is 0.472. The van der Waals surface area contributed by atoms with Crippen molar-refractivity contribution in [3.8, 4) is 0 Å². The molecular formula is C6H5F3N2O3S. The molecule has 0 aromatic carbocycles. The molecule has 0 bridgehead atoms. The van der Waals surface area contributed by atoms with Crippen molar-refractivity contribution in [2.75, 3.05) is 0 Å². The number of carbonyl (C=O) groups is 1. The second-order valence-electron chi connectivity index (χ2n) is 2.67. The van der Waals surface area contributed by atoms with Gasteiger partial charge in [0, 0.05) is 6.20 Å². The number of thiocarbonyl (C=S) groups is 1. The maximum atomic E-state index is 12.4. The summed E-state index contributed by atoms with van der Waals surface area (Å²) in [5.41, 5.74) is -4.94. The number of alkyl halides is 3. The molecule has 0 saturated heterocycles. The molecule has 4 N–H and O–H groups in total. The Morgan fingerprint density at radius 2 is 2.07 bits per heavy atom. The number of rotatable bonds is 1. The molecule has 0 fully saturated rings. The Bertz CT molecular complexity index is 354. The monoisotopic (exact) mass is 242 g/mol. The minimum absolute atomic E-state index is 0.495. The van der Waals surface area contributed by atoms with Gasteiger partial charge in [-0.25, -0.2) is 4.79 Å². The van der Waals surface area contributed by atoms with E-state index in [1.165, 1.54) is 5.32 Å². The number of hydrogen-bond donors (Lipinski definition) is 4. The molecule has 1 atom stereocenters. The predicted molar refractivity (Wildman–Crippen MR) is 45.6 cm³/mol. The molecule has 1 aliphatic heterocycles. The molecule has 1 heterocycles. The van der Waals surface area contributed by atoms with Crippen LogP contribution in [0.5, 0.6) is 0 Å². The third kappa shape index (κ3) is 1.88. The van der Waals surface area contributed by atoms with Crippen LogP contribution in [0.4, 0.5) is 13.2 Å². The first-order valence-corrected chi connectivity index (χ1v) is 3.91. The number of carboxylic acid groups (broad SMARTS) is 1. The fourth-order valence-corrected chi connectivity index (χ4v) is 1.16. The van der Waals surface area contributed by atoms with E-state index in [-0.39, 0.29) is 0 Å². The lowest BCUT2D eigenvalue weighted by atomic mass is 10.0. The summed E-state index contributed by atoms with van der Waals surface area (Å²) >= 11 is 4.34. The van der Waals surface area contributed by atoms with Crippen LogP contribution in [-0.4, -0.2) is 33.2 Å². The third-order valence-corrected chi connectivity index (χ3v) is 1.89. The lowest BCUT2D eigenvalue weighted by Gasteiger charge is -2.35. The summed E-state index contributed by atoms with van der Waals surface area (Å²) in [6.07, 6.45) is -4.70. The summed E-state index contributed by atoms with van der Waals surface area (Å²) in [6.45, 7) is 0. The first kappa shape index (κ1) is 11.7. The zero-order valence-corrected chi connectivity index (χ0v) is 7.74. The summed E-state index contributed by atoms with van der Waals surface area (Å²) in [5, 5.41) is 20.7. The number of carboxylic acids is 1. The summed E-state index contributed by atoms with van der Waals surface area (Å²) < 4.78 is 37.2. The van der Waals surface area contributed by atoms with Gasteiger partial charge in [0.05, 0.1) is 0 Å². The van der Waals surface area contributed by atoms with Crippen LogP contribution < -0.4 is 10.6 Å². The molecule has 1 aliphatic rings. The second-order valence-corrected chi connectivity index (χ2v) is 3.08. The van der Waals surface area contributed by atoms with Crippen LogP contribution in [0.25, 0.3) is 0 Å². The van der Waals surface area contributed by atoms with Gasteiger partial charge in [0.2, 0.25) is 0 Å². The average molecular weight is 242 g/mol. The van der Waals surface area contributed by atoms with E-state index in [4.69, 9.17) is 5.11 Å². The van der Waals surface area contributed by atoms with Crippen LogP contribution in [0, 0.1) is 0 Å². The highest BCUT2D eigenvalue weighted by Gasteiger charge is 2.60. The third-order valence-electron chi connectivity index (χ3n) is 1.67. The van der Waals surface area contributed by atoms with E-state index in [0.717, 1.165) is 0 Å². The molecule has 1 rings (SSSR count). The number of halogens is 3. The maximum absolute atomic E-state index is 12.4.